The van der Waals surface area contributed by atoms with Crippen molar-refractivity contribution in [2.45, 2.75) is 32.7 Å². The summed E-state index contributed by atoms with van der Waals surface area (Å²) in [5.41, 5.74) is 0.745. The third-order valence-electron chi connectivity index (χ3n) is 4.51. The van der Waals surface area contributed by atoms with E-state index in [1.54, 1.807) is 17.2 Å². The molecule has 1 aliphatic rings. The number of anilines is 1. The fraction of sp³-hybridized carbons (Fsp3) is 0.381. The van der Waals surface area contributed by atoms with Crippen LogP contribution in [-0.4, -0.2) is 52.2 Å². The zero-order chi connectivity index (χ0) is 21.6. The number of alkyl halides is 2. The van der Waals surface area contributed by atoms with Crippen LogP contribution in [0, 0.1) is 0 Å². The number of hydrogen-bond acceptors (Lipinski definition) is 4. The van der Waals surface area contributed by atoms with Gasteiger partial charge in [-0.3, -0.25) is 9.78 Å². The van der Waals surface area contributed by atoms with Crippen LogP contribution in [0.5, 0.6) is 0 Å². The summed E-state index contributed by atoms with van der Waals surface area (Å²) in [7, 11) is 0. The quantitative estimate of drug-likeness (QED) is 0.446. The summed E-state index contributed by atoms with van der Waals surface area (Å²) in [4.78, 5) is 24.1. The lowest BCUT2D eigenvalue weighted by atomic mass is 10.1. The Morgan fingerprint density at radius 2 is 2.14 bits per heavy atom. The second-order valence-electron chi connectivity index (χ2n) is 6.89. The van der Waals surface area contributed by atoms with Crippen LogP contribution in [-0.2, 0) is 10.7 Å². The third kappa shape index (κ3) is 5.73. The lowest BCUT2D eigenvalue weighted by Crippen LogP contribution is -2.55. The average molecular weight is 403 g/mol. The summed E-state index contributed by atoms with van der Waals surface area (Å²) in [6.07, 6.45) is 6.12. The fourth-order valence-corrected chi connectivity index (χ4v) is 3.05. The highest BCUT2D eigenvalue weighted by Gasteiger charge is 2.29. The maximum Gasteiger partial charge on any atom is 0.286 e. The fourth-order valence-electron chi connectivity index (χ4n) is 3.05. The number of aromatic nitrogens is 1. The molecule has 0 spiro atoms. The highest BCUT2D eigenvalue weighted by atomic mass is 19.3. The first kappa shape index (κ1) is 22.3. The Hall–Kier alpha value is -3.03. The number of hydrogen-bond donors (Lipinski definition) is 1. The van der Waals surface area contributed by atoms with Crippen LogP contribution in [0.25, 0.3) is 0 Å². The van der Waals surface area contributed by atoms with E-state index in [1.165, 1.54) is 24.4 Å². The Kier molecular flexibility index (Phi) is 7.25. The number of halogens is 2. The topological polar surface area (TPSA) is 60.8 Å². The summed E-state index contributed by atoms with van der Waals surface area (Å²) in [5.74, 6) is -2.47. The van der Waals surface area contributed by atoms with Crippen LogP contribution in [0.3, 0.4) is 0 Å². The Bertz CT molecular complexity index is 811. The van der Waals surface area contributed by atoms with Crippen molar-refractivity contribution in [2.24, 2.45) is 4.99 Å². The number of carbonyl (C=O) groups is 1. The minimum Gasteiger partial charge on any atom is -0.352 e. The Morgan fingerprint density at radius 3 is 2.66 bits per heavy atom. The van der Waals surface area contributed by atoms with Crippen molar-refractivity contribution in [3.63, 3.8) is 0 Å². The lowest BCUT2D eigenvalue weighted by molar-refractivity contribution is -0.129. The van der Waals surface area contributed by atoms with Crippen molar-refractivity contribution < 1.29 is 13.6 Å². The minimum absolute atomic E-state index is 0.0226. The molecule has 0 radical (unpaired) electrons. The Morgan fingerprint density at radius 1 is 1.41 bits per heavy atom. The molecule has 8 heteroatoms. The molecule has 1 aromatic rings. The molecule has 1 amide bonds. The number of nitrogens with one attached hydrogen (secondary N) is 1. The number of pyridine rings is 1. The summed E-state index contributed by atoms with van der Waals surface area (Å²) in [6.45, 7) is 13.9. The van der Waals surface area contributed by atoms with Crippen molar-refractivity contribution in [2.75, 3.05) is 25.0 Å². The van der Waals surface area contributed by atoms with Gasteiger partial charge in [-0.2, -0.15) is 8.78 Å². The van der Waals surface area contributed by atoms with Gasteiger partial charge in [0, 0.05) is 38.8 Å². The molecule has 1 saturated heterocycles. The van der Waals surface area contributed by atoms with Crippen LogP contribution >= 0.6 is 0 Å². The molecular weight excluding hydrogens is 376 g/mol. The van der Waals surface area contributed by atoms with E-state index in [4.69, 9.17) is 0 Å². The maximum absolute atomic E-state index is 13.3. The van der Waals surface area contributed by atoms with Gasteiger partial charge in [0.15, 0.2) is 5.84 Å². The summed E-state index contributed by atoms with van der Waals surface area (Å²) >= 11 is 0. The first-order valence-electron chi connectivity index (χ1n) is 9.35. The maximum atomic E-state index is 13.3. The third-order valence-corrected chi connectivity index (χ3v) is 4.51. The highest BCUT2D eigenvalue weighted by Crippen LogP contribution is 2.26. The molecule has 6 nitrogen and oxygen atoms in total. The van der Waals surface area contributed by atoms with Crippen LogP contribution < -0.4 is 5.32 Å². The van der Waals surface area contributed by atoms with E-state index in [9.17, 15) is 13.6 Å². The van der Waals surface area contributed by atoms with Gasteiger partial charge in [0.2, 0.25) is 5.91 Å². The van der Waals surface area contributed by atoms with Crippen molar-refractivity contribution in [1.29, 1.82) is 0 Å². The minimum atomic E-state index is -2.99. The van der Waals surface area contributed by atoms with E-state index >= 15 is 0 Å². The van der Waals surface area contributed by atoms with Gasteiger partial charge in [-0.15, -0.1) is 0 Å². The van der Waals surface area contributed by atoms with Gasteiger partial charge in [0.05, 0.1) is 17.6 Å². The predicted molar refractivity (Wildman–Crippen MR) is 112 cm³/mol. The summed E-state index contributed by atoms with van der Waals surface area (Å²) < 4.78 is 26.7. The van der Waals surface area contributed by atoms with Crippen molar-refractivity contribution in [1.82, 2.24) is 14.8 Å². The molecule has 1 aliphatic heterocycles. The Labute approximate surface area is 170 Å². The van der Waals surface area contributed by atoms with Gasteiger partial charge in [-0.25, -0.2) is 4.99 Å². The normalized spacial score (nSPS) is 18.1. The number of aliphatic imine (C=N–C) groups is 1. The molecule has 0 aromatic carbocycles. The lowest BCUT2D eigenvalue weighted by Gasteiger charge is -2.41. The molecule has 1 aromatic heterocycles. The van der Waals surface area contributed by atoms with E-state index in [0.717, 1.165) is 6.92 Å². The van der Waals surface area contributed by atoms with Gasteiger partial charge >= 0.3 is 0 Å². The zero-order valence-electron chi connectivity index (χ0n) is 17.0. The van der Waals surface area contributed by atoms with E-state index in [0.29, 0.717) is 36.9 Å². The first-order chi connectivity index (χ1) is 13.7. The van der Waals surface area contributed by atoms with Crippen molar-refractivity contribution >= 4 is 17.4 Å². The highest BCUT2D eigenvalue weighted by molar-refractivity contribution is 6.00. The number of amidine groups is 1. The largest absolute Gasteiger partial charge is 0.352 e. The van der Waals surface area contributed by atoms with Crippen LogP contribution in [0.1, 0.15) is 26.5 Å². The van der Waals surface area contributed by atoms with E-state index in [1.807, 2.05) is 18.7 Å². The number of allylic oxidation sites excluding steroid dienone is 1. The number of amides is 1. The number of rotatable bonds is 6. The standard InChI is InChI=1S/C21H27F2N5O/c1-6-10-24-20(27-11-12-28(15(3)14-27)19(29)7-2)16(4)26-17-8-9-18(25-13-17)21(5,22)23/h6-10,13,15,26H,2,4,11-12,14H2,1,3,5H3/b10-6-,24-20+. The Balaban J connectivity index is 2.15. The molecule has 0 saturated carbocycles. The van der Waals surface area contributed by atoms with Gasteiger partial charge in [-0.1, -0.05) is 19.2 Å². The molecular formula is C21H27F2N5O. The van der Waals surface area contributed by atoms with E-state index < -0.39 is 5.92 Å². The molecule has 1 unspecified atom stereocenters. The predicted octanol–water partition coefficient (Wildman–Crippen LogP) is 3.77. The first-order valence-corrected chi connectivity index (χ1v) is 9.35. The van der Waals surface area contributed by atoms with Crippen LogP contribution in [0.15, 0.2) is 60.5 Å². The second kappa shape index (κ2) is 9.45. The van der Waals surface area contributed by atoms with E-state index in [-0.39, 0.29) is 17.6 Å². The molecule has 2 rings (SSSR count). The molecule has 1 fully saturated rings. The summed E-state index contributed by atoms with van der Waals surface area (Å²) in [6, 6.07) is 2.78. The molecule has 1 atom stereocenters. The van der Waals surface area contributed by atoms with Crippen LogP contribution in [0.4, 0.5) is 14.5 Å². The van der Waals surface area contributed by atoms with Gasteiger partial charge in [-0.05, 0) is 32.1 Å². The van der Waals surface area contributed by atoms with Gasteiger partial charge in [0.1, 0.15) is 5.69 Å². The molecule has 0 bridgehead atoms. The zero-order valence-corrected chi connectivity index (χ0v) is 17.0. The average Bonchev–Trinajstić information content (AvgIpc) is 2.67. The molecule has 2 heterocycles. The monoisotopic (exact) mass is 403 g/mol. The smallest absolute Gasteiger partial charge is 0.286 e. The van der Waals surface area contributed by atoms with E-state index in [2.05, 4.69) is 28.5 Å². The number of piperazine rings is 1. The van der Waals surface area contributed by atoms with Crippen LogP contribution in [0.2, 0.25) is 0 Å². The van der Waals surface area contributed by atoms with Crippen molar-refractivity contribution in [3.05, 3.63) is 61.2 Å². The number of carbonyl (C=O) groups excluding carboxylic acids is 1. The second-order valence-corrected chi connectivity index (χ2v) is 6.89. The molecule has 29 heavy (non-hydrogen) atoms. The van der Waals surface area contributed by atoms with Gasteiger partial charge < -0.3 is 15.1 Å². The SMILES string of the molecule is C=CC(=O)N1CCN(/C(=N/C=C\C)C(=C)Nc2ccc(C(C)(F)F)nc2)CC1C. The molecule has 1 N–H and O–H groups in total. The number of nitrogens with zero attached hydrogens (tertiary/aromatic N) is 4. The van der Waals surface area contributed by atoms with Gasteiger partial charge in [0.25, 0.3) is 5.92 Å². The summed E-state index contributed by atoms with van der Waals surface area (Å²) in [5, 5.41) is 3.08. The molecule has 156 valence electrons. The van der Waals surface area contributed by atoms with Crippen molar-refractivity contribution in [3.8, 4) is 0 Å². The molecule has 0 aliphatic carbocycles.